The monoisotopic (exact) mass is 195 g/mol. The second-order valence-electron chi connectivity index (χ2n) is 2.73. The van der Waals surface area contributed by atoms with Gasteiger partial charge in [-0.2, -0.15) is 0 Å². The average molecular weight is 195 g/mol. The Morgan fingerprint density at radius 2 is 1.93 bits per heavy atom. The zero-order valence-electron chi connectivity index (χ0n) is 8.75. The largest absolute Gasteiger partial charge is 0.454 e. The highest BCUT2D eigenvalue weighted by Gasteiger charge is 2.12. The quantitative estimate of drug-likeness (QED) is 0.784. The van der Waals surface area contributed by atoms with Crippen molar-refractivity contribution in [3.8, 4) is 11.5 Å². The molecule has 2 N–H and O–H groups in total. The van der Waals surface area contributed by atoms with Crippen molar-refractivity contribution in [2.24, 2.45) is 5.73 Å². The molecule has 3 heteroatoms. The number of fused-ring (bicyclic) bond motifs is 1. The van der Waals surface area contributed by atoms with Crippen LogP contribution >= 0.6 is 0 Å². The van der Waals surface area contributed by atoms with Crippen LogP contribution in [0.2, 0.25) is 0 Å². The summed E-state index contributed by atoms with van der Waals surface area (Å²) in [5.74, 6) is 1.66. The SMILES string of the molecule is CC.NCCc1ccc2c(c1)OCO2. The first-order valence-corrected chi connectivity index (χ1v) is 4.99. The van der Waals surface area contributed by atoms with E-state index in [0.717, 1.165) is 17.9 Å². The Morgan fingerprint density at radius 3 is 2.64 bits per heavy atom. The van der Waals surface area contributed by atoms with Gasteiger partial charge in [0.05, 0.1) is 0 Å². The van der Waals surface area contributed by atoms with E-state index in [1.54, 1.807) is 0 Å². The first kappa shape index (κ1) is 10.9. The Hall–Kier alpha value is -1.22. The van der Waals surface area contributed by atoms with Crippen LogP contribution < -0.4 is 15.2 Å². The minimum absolute atomic E-state index is 0.335. The lowest BCUT2D eigenvalue weighted by atomic mass is 10.1. The van der Waals surface area contributed by atoms with Gasteiger partial charge in [-0.15, -0.1) is 0 Å². The van der Waals surface area contributed by atoms with E-state index in [2.05, 4.69) is 0 Å². The molecule has 0 fully saturated rings. The molecule has 0 aromatic heterocycles. The maximum absolute atomic E-state index is 5.43. The van der Waals surface area contributed by atoms with Crippen molar-refractivity contribution in [1.29, 1.82) is 0 Å². The topological polar surface area (TPSA) is 44.5 Å². The molecule has 78 valence electrons. The van der Waals surface area contributed by atoms with Gasteiger partial charge in [0.2, 0.25) is 6.79 Å². The smallest absolute Gasteiger partial charge is 0.231 e. The van der Waals surface area contributed by atoms with E-state index >= 15 is 0 Å². The number of ether oxygens (including phenoxy) is 2. The molecule has 1 heterocycles. The molecule has 1 aliphatic heterocycles. The molecule has 3 nitrogen and oxygen atoms in total. The van der Waals surface area contributed by atoms with Crippen molar-refractivity contribution < 1.29 is 9.47 Å². The molecule has 1 aromatic carbocycles. The summed E-state index contributed by atoms with van der Waals surface area (Å²) in [6.07, 6.45) is 0.886. The summed E-state index contributed by atoms with van der Waals surface area (Å²) in [4.78, 5) is 0. The first-order valence-electron chi connectivity index (χ1n) is 4.99. The predicted molar refractivity (Wildman–Crippen MR) is 56.7 cm³/mol. The highest BCUT2D eigenvalue weighted by atomic mass is 16.7. The molecule has 0 unspecified atom stereocenters. The van der Waals surface area contributed by atoms with Gasteiger partial charge in [-0.1, -0.05) is 19.9 Å². The van der Waals surface area contributed by atoms with Gasteiger partial charge in [0.1, 0.15) is 0 Å². The van der Waals surface area contributed by atoms with Crippen molar-refractivity contribution >= 4 is 0 Å². The zero-order chi connectivity index (χ0) is 10.4. The van der Waals surface area contributed by atoms with Gasteiger partial charge >= 0.3 is 0 Å². The standard InChI is InChI=1S/C9H11NO2.C2H6/c10-4-3-7-1-2-8-9(5-7)12-6-11-8;1-2/h1-2,5H,3-4,6,10H2;1-2H3. The molecule has 0 saturated heterocycles. The van der Waals surface area contributed by atoms with Gasteiger partial charge in [0, 0.05) is 0 Å². The van der Waals surface area contributed by atoms with Crippen molar-refractivity contribution in [3.63, 3.8) is 0 Å². The van der Waals surface area contributed by atoms with Crippen LogP contribution in [-0.4, -0.2) is 13.3 Å². The van der Waals surface area contributed by atoms with Crippen LogP contribution in [0.25, 0.3) is 0 Å². The minimum atomic E-state index is 0.335. The zero-order valence-corrected chi connectivity index (χ0v) is 8.75. The summed E-state index contributed by atoms with van der Waals surface area (Å²) >= 11 is 0. The Bertz CT molecular complexity index is 287. The lowest BCUT2D eigenvalue weighted by Gasteiger charge is -1.99. The number of nitrogens with two attached hydrogens (primary N) is 1. The van der Waals surface area contributed by atoms with Crippen LogP contribution in [0.1, 0.15) is 19.4 Å². The van der Waals surface area contributed by atoms with Crippen LogP contribution in [0, 0.1) is 0 Å². The highest BCUT2D eigenvalue weighted by Crippen LogP contribution is 2.32. The Morgan fingerprint density at radius 1 is 1.21 bits per heavy atom. The molecule has 1 aliphatic rings. The average Bonchev–Trinajstić information content (AvgIpc) is 2.68. The van der Waals surface area contributed by atoms with Crippen LogP contribution in [0.15, 0.2) is 18.2 Å². The third-order valence-corrected chi connectivity index (χ3v) is 1.87. The molecule has 0 amide bonds. The van der Waals surface area contributed by atoms with Crippen molar-refractivity contribution in [1.82, 2.24) is 0 Å². The Labute approximate surface area is 84.8 Å². The van der Waals surface area contributed by atoms with Gasteiger partial charge in [0.15, 0.2) is 11.5 Å². The van der Waals surface area contributed by atoms with E-state index in [1.165, 1.54) is 5.56 Å². The molecule has 0 bridgehead atoms. The van der Waals surface area contributed by atoms with Gasteiger partial charge < -0.3 is 15.2 Å². The molecular formula is C11H17NO2. The molecule has 0 atom stereocenters. The summed E-state index contributed by atoms with van der Waals surface area (Å²) in [6, 6.07) is 5.92. The number of hydrogen-bond acceptors (Lipinski definition) is 3. The van der Waals surface area contributed by atoms with E-state index in [-0.39, 0.29) is 0 Å². The van der Waals surface area contributed by atoms with Gasteiger partial charge in [0.25, 0.3) is 0 Å². The molecule has 0 radical (unpaired) electrons. The van der Waals surface area contributed by atoms with Crippen molar-refractivity contribution in [2.45, 2.75) is 20.3 Å². The molecule has 0 aliphatic carbocycles. The maximum atomic E-state index is 5.43. The fourth-order valence-electron chi connectivity index (χ4n) is 1.26. The van der Waals surface area contributed by atoms with E-state index < -0.39 is 0 Å². The number of hydrogen-bond donors (Lipinski definition) is 1. The molecule has 2 rings (SSSR count). The lowest BCUT2D eigenvalue weighted by molar-refractivity contribution is 0.174. The van der Waals surface area contributed by atoms with Gasteiger partial charge in [-0.3, -0.25) is 0 Å². The fraction of sp³-hybridized carbons (Fsp3) is 0.455. The summed E-state index contributed by atoms with van der Waals surface area (Å²) in [7, 11) is 0. The van der Waals surface area contributed by atoms with Crippen LogP contribution in [0.4, 0.5) is 0 Å². The van der Waals surface area contributed by atoms with Gasteiger partial charge in [-0.05, 0) is 30.7 Å². The molecular weight excluding hydrogens is 178 g/mol. The second kappa shape index (κ2) is 5.50. The number of rotatable bonds is 2. The summed E-state index contributed by atoms with van der Waals surface area (Å²) < 4.78 is 10.4. The van der Waals surface area contributed by atoms with E-state index in [9.17, 15) is 0 Å². The molecule has 1 aromatic rings. The third kappa shape index (κ3) is 2.39. The summed E-state index contributed by atoms with van der Waals surface area (Å²) in [5.41, 5.74) is 6.63. The van der Waals surface area contributed by atoms with Crippen molar-refractivity contribution in [2.75, 3.05) is 13.3 Å². The summed E-state index contributed by atoms with van der Waals surface area (Å²) in [5, 5.41) is 0. The molecule has 0 spiro atoms. The second-order valence-corrected chi connectivity index (χ2v) is 2.73. The van der Waals surface area contributed by atoms with Gasteiger partial charge in [-0.25, -0.2) is 0 Å². The van der Waals surface area contributed by atoms with Crippen molar-refractivity contribution in [3.05, 3.63) is 23.8 Å². The Balaban J connectivity index is 0.000000461. The lowest BCUT2D eigenvalue weighted by Crippen LogP contribution is -2.02. The predicted octanol–water partition coefficient (Wildman–Crippen LogP) is 1.94. The summed E-state index contributed by atoms with van der Waals surface area (Å²) in [6.45, 7) is 5.00. The Kier molecular flexibility index (Phi) is 4.26. The highest BCUT2D eigenvalue weighted by molar-refractivity contribution is 5.44. The van der Waals surface area contributed by atoms with E-state index in [0.29, 0.717) is 13.3 Å². The molecule has 14 heavy (non-hydrogen) atoms. The third-order valence-electron chi connectivity index (χ3n) is 1.87. The normalized spacial score (nSPS) is 11.9. The maximum Gasteiger partial charge on any atom is 0.231 e. The van der Waals surface area contributed by atoms with Crippen LogP contribution in [0.5, 0.6) is 11.5 Å². The van der Waals surface area contributed by atoms with E-state index in [1.807, 2.05) is 32.0 Å². The molecule has 0 saturated carbocycles. The van der Waals surface area contributed by atoms with E-state index in [4.69, 9.17) is 15.2 Å². The first-order chi connectivity index (χ1) is 6.90. The fourth-order valence-corrected chi connectivity index (χ4v) is 1.26. The van der Waals surface area contributed by atoms with Crippen LogP contribution in [0.3, 0.4) is 0 Å². The number of benzene rings is 1. The minimum Gasteiger partial charge on any atom is -0.454 e. The van der Waals surface area contributed by atoms with Crippen LogP contribution in [-0.2, 0) is 6.42 Å².